The van der Waals surface area contributed by atoms with Crippen molar-refractivity contribution in [2.75, 3.05) is 13.1 Å². The highest BCUT2D eigenvalue weighted by Gasteiger charge is 2.29. The van der Waals surface area contributed by atoms with E-state index in [0.29, 0.717) is 5.92 Å². The molecule has 1 heterocycles. The molecule has 2 N–H and O–H groups in total. The topological polar surface area (TPSA) is 46.3 Å². The van der Waals surface area contributed by atoms with Crippen LogP contribution in [0.1, 0.15) is 32.3 Å². The third kappa shape index (κ3) is 4.75. The first-order valence-corrected chi connectivity index (χ1v) is 8.82. The second-order valence-electron chi connectivity index (χ2n) is 6.12. The van der Waals surface area contributed by atoms with E-state index in [-0.39, 0.29) is 17.2 Å². The average Bonchev–Trinajstić information content (AvgIpc) is 2.48. The molecule has 4 heteroatoms. The number of hydrogen-bond acceptors (Lipinski definition) is 3. The van der Waals surface area contributed by atoms with Crippen LogP contribution in [0.15, 0.2) is 30.3 Å². The SMILES string of the molecule is CC(C)C(SCc1ccccc1)C(=O)N1CCC(N)CC1. The number of nitrogens with zero attached hydrogens (tertiary/aromatic N) is 1. The maximum Gasteiger partial charge on any atom is 0.235 e. The molecular weight excluding hydrogens is 280 g/mol. The fourth-order valence-corrected chi connectivity index (χ4v) is 3.85. The standard InChI is InChI=1S/C17H26N2OS/c1-13(2)16(21-12-14-6-4-3-5-7-14)17(20)19-10-8-15(18)9-11-19/h3-7,13,15-16H,8-12,18H2,1-2H3. The van der Waals surface area contributed by atoms with E-state index in [0.717, 1.165) is 31.7 Å². The number of piperidine rings is 1. The van der Waals surface area contributed by atoms with Gasteiger partial charge in [0.1, 0.15) is 0 Å². The molecule has 0 aliphatic carbocycles. The van der Waals surface area contributed by atoms with Crippen LogP contribution >= 0.6 is 11.8 Å². The van der Waals surface area contributed by atoms with Crippen LogP contribution in [0, 0.1) is 5.92 Å². The number of carbonyl (C=O) groups excluding carboxylic acids is 1. The van der Waals surface area contributed by atoms with Gasteiger partial charge in [-0.1, -0.05) is 44.2 Å². The Morgan fingerprint density at radius 2 is 1.90 bits per heavy atom. The van der Waals surface area contributed by atoms with Gasteiger partial charge in [0.05, 0.1) is 5.25 Å². The van der Waals surface area contributed by atoms with Crippen LogP contribution in [-0.4, -0.2) is 35.2 Å². The van der Waals surface area contributed by atoms with Crippen molar-refractivity contribution in [1.82, 2.24) is 4.90 Å². The predicted molar refractivity (Wildman–Crippen MR) is 90.2 cm³/mol. The number of carbonyl (C=O) groups is 1. The second-order valence-corrected chi connectivity index (χ2v) is 7.25. The lowest BCUT2D eigenvalue weighted by Gasteiger charge is -2.34. The molecule has 1 atom stereocenters. The fourth-order valence-electron chi connectivity index (χ4n) is 2.61. The van der Waals surface area contributed by atoms with Gasteiger partial charge in [-0.05, 0) is 24.3 Å². The Kier molecular flexibility index (Phi) is 6.12. The van der Waals surface area contributed by atoms with Crippen molar-refractivity contribution in [1.29, 1.82) is 0 Å². The largest absolute Gasteiger partial charge is 0.342 e. The number of thioether (sulfide) groups is 1. The lowest BCUT2D eigenvalue weighted by atomic mass is 10.0. The summed E-state index contributed by atoms with van der Waals surface area (Å²) in [4.78, 5) is 14.7. The minimum Gasteiger partial charge on any atom is -0.342 e. The summed E-state index contributed by atoms with van der Waals surface area (Å²) in [6.07, 6.45) is 1.86. The third-order valence-corrected chi connectivity index (χ3v) is 5.58. The number of rotatable bonds is 5. The van der Waals surface area contributed by atoms with Gasteiger partial charge in [-0.3, -0.25) is 4.79 Å². The van der Waals surface area contributed by atoms with E-state index in [4.69, 9.17) is 5.73 Å². The highest BCUT2D eigenvalue weighted by Crippen LogP contribution is 2.26. The van der Waals surface area contributed by atoms with Gasteiger partial charge in [0.25, 0.3) is 0 Å². The maximum atomic E-state index is 12.7. The van der Waals surface area contributed by atoms with Crippen LogP contribution in [0.25, 0.3) is 0 Å². The van der Waals surface area contributed by atoms with Crippen molar-refractivity contribution in [3.8, 4) is 0 Å². The normalized spacial score (nSPS) is 18.0. The van der Waals surface area contributed by atoms with Gasteiger partial charge in [0.2, 0.25) is 5.91 Å². The van der Waals surface area contributed by atoms with Gasteiger partial charge in [-0.25, -0.2) is 0 Å². The molecule has 0 aromatic heterocycles. The highest BCUT2D eigenvalue weighted by molar-refractivity contribution is 7.99. The Labute approximate surface area is 132 Å². The number of nitrogens with two attached hydrogens (primary N) is 1. The molecule has 1 amide bonds. The van der Waals surface area contributed by atoms with Crippen LogP contribution in [-0.2, 0) is 10.5 Å². The van der Waals surface area contributed by atoms with E-state index >= 15 is 0 Å². The number of amides is 1. The van der Waals surface area contributed by atoms with E-state index in [1.54, 1.807) is 11.8 Å². The molecule has 1 aromatic rings. The van der Waals surface area contributed by atoms with Crippen molar-refractivity contribution < 1.29 is 4.79 Å². The molecule has 0 spiro atoms. The van der Waals surface area contributed by atoms with E-state index in [1.807, 2.05) is 23.1 Å². The minimum absolute atomic E-state index is 0.0412. The van der Waals surface area contributed by atoms with Crippen LogP contribution in [0.3, 0.4) is 0 Å². The van der Waals surface area contributed by atoms with Gasteiger partial charge in [-0.2, -0.15) is 0 Å². The summed E-state index contributed by atoms with van der Waals surface area (Å²) in [6.45, 7) is 5.90. The Hall–Kier alpha value is -1.00. The highest BCUT2D eigenvalue weighted by atomic mass is 32.2. The van der Waals surface area contributed by atoms with Gasteiger partial charge in [0, 0.05) is 24.9 Å². The first kappa shape index (κ1) is 16.4. The maximum absolute atomic E-state index is 12.7. The van der Waals surface area contributed by atoms with Crippen molar-refractivity contribution in [3.63, 3.8) is 0 Å². The number of hydrogen-bond donors (Lipinski definition) is 1. The zero-order valence-corrected chi connectivity index (χ0v) is 13.8. The molecule has 0 bridgehead atoms. The summed E-state index contributed by atoms with van der Waals surface area (Å²) in [7, 11) is 0. The van der Waals surface area contributed by atoms with Crippen LogP contribution in [0.2, 0.25) is 0 Å². The average molecular weight is 306 g/mol. The van der Waals surface area contributed by atoms with Crippen molar-refractivity contribution in [3.05, 3.63) is 35.9 Å². The Bertz CT molecular complexity index is 441. The lowest BCUT2D eigenvalue weighted by Crippen LogP contribution is -2.47. The minimum atomic E-state index is 0.0412. The van der Waals surface area contributed by atoms with Crippen LogP contribution in [0.5, 0.6) is 0 Å². The van der Waals surface area contributed by atoms with E-state index in [2.05, 4.69) is 26.0 Å². The molecule has 3 nitrogen and oxygen atoms in total. The predicted octanol–water partition coefficient (Wildman–Crippen LogP) is 2.89. The molecule has 0 radical (unpaired) electrons. The quantitative estimate of drug-likeness (QED) is 0.910. The van der Waals surface area contributed by atoms with Crippen molar-refractivity contribution in [2.45, 2.75) is 43.7 Å². The molecule has 21 heavy (non-hydrogen) atoms. The molecule has 1 aromatic carbocycles. The molecular formula is C17H26N2OS. The van der Waals surface area contributed by atoms with E-state index in [9.17, 15) is 4.79 Å². The zero-order valence-electron chi connectivity index (χ0n) is 13.0. The first-order chi connectivity index (χ1) is 10.1. The fraction of sp³-hybridized carbons (Fsp3) is 0.588. The first-order valence-electron chi connectivity index (χ1n) is 7.78. The van der Waals surface area contributed by atoms with Gasteiger partial charge >= 0.3 is 0 Å². The van der Waals surface area contributed by atoms with Crippen molar-refractivity contribution in [2.24, 2.45) is 11.7 Å². The summed E-state index contributed by atoms with van der Waals surface area (Å²) in [5.41, 5.74) is 7.20. The molecule has 1 aliphatic heterocycles. The molecule has 2 rings (SSSR count). The third-order valence-electron chi connectivity index (χ3n) is 3.97. The summed E-state index contributed by atoms with van der Waals surface area (Å²) < 4.78 is 0. The Morgan fingerprint density at radius 3 is 2.48 bits per heavy atom. The smallest absolute Gasteiger partial charge is 0.235 e. The molecule has 1 saturated heterocycles. The number of likely N-dealkylation sites (tertiary alicyclic amines) is 1. The second kappa shape index (κ2) is 7.85. The van der Waals surface area contributed by atoms with Crippen molar-refractivity contribution >= 4 is 17.7 Å². The van der Waals surface area contributed by atoms with Gasteiger partial charge in [-0.15, -0.1) is 11.8 Å². The summed E-state index contributed by atoms with van der Waals surface area (Å²) in [6, 6.07) is 10.6. The Balaban J connectivity index is 1.93. The summed E-state index contributed by atoms with van der Waals surface area (Å²) >= 11 is 1.76. The van der Waals surface area contributed by atoms with Gasteiger partial charge in [0.15, 0.2) is 0 Å². The Morgan fingerprint density at radius 1 is 1.29 bits per heavy atom. The van der Waals surface area contributed by atoms with E-state index in [1.165, 1.54) is 5.56 Å². The summed E-state index contributed by atoms with van der Waals surface area (Å²) in [5, 5.41) is 0.0412. The van der Waals surface area contributed by atoms with Gasteiger partial charge < -0.3 is 10.6 Å². The molecule has 116 valence electrons. The zero-order chi connectivity index (χ0) is 15.2. The van der Waals surface area contributed by atoms with Crippen LogP contribution in [0.4, 0.5) is 0 Å². The molecule has 1 aliphatic rings. The van der Waals surface area contributed by atoms with E-state index < -0.39 is 0 Å². The molecule has 1 fully saturated rings. The van der Waals surface area contributed by atoms with Crippen LogP contribution < -0.4 is 5.73 Å². The summed E-state index contributed by atoms with van der Waals surface area (Å²) in [5.74, 6) is 1.53. The lowest BCUT2D eigenvalue weighted by molar-refractivity contribution is -0.132. The monoisotopic (exact) mass is 306 g/mol. The molecule has 1 unspecified atom stereocenters. The molecule has 0 saturated carbocycles. The number of benzene rings is 1.